The van der Waals surface area contributed by atoms with E-state index in [1.807, 2.05) is 30.3 Å². The third-order valence-electron chi connectivity index (χ3n) is 5.45. The molecule has 4 aromatic rings. The molecule has 0 atom stereocenters. The van der Waals surface area contributed by atoms with Crippen molar-refractivity contribution in [3.05, 3.63) is 125 Å². The Balaban J connectivity index is 1.59. The maximum atomic E-state index is 13.5. The van der Waals surface area contributed by atoms with Gasteiger partial charge in [0.25, 0.3) is 0 Å². The average molecular weight is 488 g/mol. The minimum atomic E-state index is -3.88. The molecule has 1 N–H and O–H groups in total. The molecule has 0 amide bonds. The SMILES string of the molecule is O=C(O)Cc1cccc(CN(Cc2ccc(Cc3ccccc3)cn2)S(=O)(=O)c2cccnc2)c1. The summed E-state index contributed by atoms with van der Waals surface area (Å²) in [6, 6.07) is 23.9. The fourth-order valence-corrected chi connectivity index (χ4v) is 5.12. The number of carbonyl (C=O) groups is 1. The number of rotatable bonds is 10. The molecule has 35 heavy (non-hydrogen) atoms. The zero-order valence-electron chi connectivity index (χ0n) is 19.0. The van der Waals surface area contributed by atoms with E-state index in [0.29, 0.717) is 16.8 Å². The van der Waals surface area contributed by atoms with Gasteiger partial charge in [0.2, 0.25) is 10.0 Å². The average Bonchev–Trinajstić information content (AvgIpc) is 2.86. The van der Waals surface area contributed by atoms with Gasteiger partial charge in [-0.05, 0) is 46.9 Å². The lowest BCUT2D eigenvalue weighted by Crippen LogP contribution is -2.30. The molecule has 2 aromatic carbocycles. The molecule has 7 nitrogen and oxygen atoms in total. The Kier molecular flexibility index (Phi) is 7.64. The minimum Gasteiger partial charge on any atom is -0.481 e. The summed E-state index contributed by atoms with van der Waals surface area (Å²) in [4.78, 5) is 19.7. The van der Waals surface area contributed by atoms with Crippen molar-refractivity contribution >= 4 is 16.0 Å². The smallest absolute Gasteiger partial charge is 0.307 e. The number of benzene rings is 2. The lowest BCUT2D eigenvalue weighted by atomic mass is 10.1. The molecule has 0 saturated carbocycles. The van der Waals surface area contributed by atoms with E-state index >= 15 is 0 Å². The summed E-state index contributed by atoms with van der Waals surface area (Å²) in [6.07, 6.45) is 5.21. The molecule has 2 heterocycles. The molecule has 0 unspecified atom stereocenters. The summed E-state index contributed by atoms with van der Waals surface area (Å²) in [7, 11) is -3.88. The van der Waals surface area contributed by atoms with E-state index in [1.165, 1.54) is 28.3 Å². The maximum Gasteiger partial charge on any atom is 0.307 e. The number of hydrogen-bond acceptors (Lipinski definition) is 5. The van der Waals surface area contributed by atoms with Gasteiger partial charge in [-0.25, -0.2) is 8.42 Å². The summed E-state index contributed by atoms with van der Waals surface area (Å²) in [5.41, 5.74) is 4.11. The fourth-order valence-electron chi connectivity index (χ4n) is 3.76. The fraction of sp³-hybridized carbons (Fsp3) is 0.148. The summed E-state index contributed by atoms with van der Waals surface area (Å²) < 4.78 is 28.3. The van der Waals surface area contributed by atoms with E-state index in [-0.39, 0.29) is 24.4 Å². The highest BCUT2D eigenvalue weighted by atomic mass is 32.2. The number of aromatic nitrogens is 2. The molecule has 0 aliphatic heterocycles. The number of nitrogens with zero attached hydrogens (tertiary/aromatic N) is 3. The second-order valence-electron chi connectivity index (χ2n) is 8.17. The van der Waals surface area contributed by atoms with Gasteiger partial charge in [0.05, 0.1) is 18.7 Å². The van der Waals surface area contributed by atoms with Gasteiger partial charge < -0.3 is 5.11 Å². The Morgan fingerprint density at radius 3 is 2.26 bits per heavy atom. The second kappa shape index (κ2) is 11.0. The third-order valence-corrected chi connectivity index (χ3v) is 7.23. The van der Waals surface area contributed by atoms with Crippen molar-refractivity contribution in [3.8, 4) is 0 Å². The summed E-state index contributed by atoms with van der Waals surface area (Å²) in [5.74, 6) is -0.943. The zero-order chi connectivity index (χ0) is 24.7. The quantitative estimate of drug-likeness (QED) is 0.362. The van der Waals surface area contributed by atoms with Gasteiger partial charge in [-0.3, -0.25) is 14.8 Å². The monoisotopic (exact) mass is 487 g/mol. The van der Waals surface area contributed by atoms with Gasteiger partial charge in [-0.1, -0.05) is 60.7 Å². The number of carboxylic acids is 1. The van der Waals surface area contributed by atoms with Crippen LogP contribution in [0.15, 0.2) is 102 Å². The van der Waals surface area contributed by atoms with Crippen molar-refractivity contribution in [2.24, 2.45) is 0 Å². The first-order valence-electron chi connectivity index (χ1n) is 11.1. The van der Waals surface area contributed by atoms with Crippen LogP contribution in [0.3, 0.4) is 0 Å². The Hall–Kier alpha value is -3.88. The number of aliphatic carboxylic acids is 1. The maximum absolute atomic E-state index is 13.5. The van der Waals surface area contributed by atoms with Crippen LogP contribution in [0.2, 0.25) is 0 Å². The summed E-state index contributed by atoms with van der Waals surface area (Å²) in [6.45, 7) is 0.129. The Labute approximate surface area is 204 Å². The third kappa shape index (κ3) is 6.59. The molecule has 178 valence electrons. The highest BCUT2D eigenvalue weighted by Crippen LogP contribution is 2.21. The van der Waals surface area contributed by atoms with Crippen LogP contribution < -0.4 is 0 Å². The number of hydrogen-bond donors (Lipinski definition) is 1. The molecule has 4 rings (SSSR count). The van der Waals surface area contributed by atoms with Gasteiger partial charge in [-0.15, -0.1) is 0 Å². The van der Waals surface area contributed by atoms with Gasteiger partial charge >= 0.3 is 5.97 Å². The van der Waals surface area contributed by atoms with Crippen LogP contribution in [-0.2, 0) is 40.7 Å². The first kappa shape index (κ1) is 24.3. The lowest BCUT2D eigenvalue weighted by molar-refractivity contribution is -0.136. The molecule has 2 aromatic heterocycles. The van der Waals surface area contributed by atoms with E-state index in [9.17, 15) is 13.2 Å². The molecule has 0 aliphatic carbocycles. The van der Waals surface area contributed by atoms with E-state index in [1.54, 1.807) is 36.5 Å². The topological polar surface area (TPSA) is 100 Å². The highest BCUT2D eigenvalue weighted by Gasteiger charge is 2.26. The molecular weight excluding hydrogens is 462 g/mol. The molecule has 0 aliphatic rings. The molecule has 0 bridgehead atoms. The van der Waals surface area contributed by atoms with Crippen molar-refractivity contribution in [2.45, 2.75) is 30.8 Å². The van der Waals surface area contributed by atoms with Crippen LogP contribution in [0.1, 0.15) is 27.9 Å². The molecule has 0 fully saturated rings. The van der Waals surface area contributed by atoms with Crippen molar-refractivity contribution in [3.63, 3.8) is 0 Å². The predicted molar refractivity (Wildman–Crippen MR) is 132 cm³/mol. The zero-order valence-corrected chi connectivity index (χ0v) is 19.8. The molecule has 8 heteroatoms. The highest BCUT2D eigenvalue weighted by molar-refractivity contribution is 7.89. The van der Waals surface area contributed by atoms with Crippen LogP contribution >= 0.6 is 0 Å². The Morgan fingerprint density at radius 1 is 0.800 bits per heavy atom. The van der Waals surface area contributed by atoms with Crippen molar-refractivity contribution in [2.75, 3.05) is 0 Å². The number of sulfonamides is 1. The van der Waals surface area contributed by atoms with Crippen LogP contribution in [0.25, 0.3) is 0 Å². The predicted octanol–water partition coefficient (Wildman–Crippen LogP) is 4.09. The first-order valence-corrected chi connectivity index (χ1v) is 12.5. The Morgan fingerprint density at radius 2 is 1.57 bits per heavy atom. The molecule has 0 radical (unpaired) electrons. The molecular formula is C27H25N3O4S. The number of pyridine rings is 2. The molecule has 0 saturated heterocycles. The lowest BCUT2D eigenvalue weighted by Gasteiger charge is -2.22. The van der Waals surface area contributed by atoms with Crippen molar-refractivity contribution in [1.29, 1.82) is 0 Å². The standard InChI is InChI=1S/C27H25N3O4S/c31-27(32)16-22-8-4-9-24(15-22)19-30(35(33,34)26-10-5-13-28-18-26)20-25-12-11-23(17-29-25)14-21-6-2-1-3-7-21/h1-13,15,17-18H,14,16,19-20H2,(H,31,32). The second-order valence-corrected chi connectivity index (χ2v) is 10.1. The van der Waals surface area contributed by atoms with E-state index in [4.69, 9.17) is 5.11 Å². The van der Waals surface area contributed by atoms with Crippen LogP contribution in [0.5, 0.6) is 0 Å². The van der Waals surface area contributed by atoms with Gasteiger partial charge in [0, 0.05) is 25.1 Å². The first-order chi connectivity index (χ1) is 16.9. The van der Waals surface area contributed by atoms with Crippen molar-refractivity contribution < 1.29 is 18.3 Å². The van der Waals surface area contributed by atoms with Crippen molar-refractivity contribution in [1.82, 2.24) is 14.3 Å². The van der Waals surface area contributed by atoms with E-state index in [0.717, 1.165) is 12.0 Å². The van der Waals surface area contributed by atoms with Gasteiger partial charge in [0.1, 0.15) is 4.90 Å². The minimum absolute atomic E-state index is 0.0615. The Bertz CT molecular complexity index is 1380. The van der Waals surface area contributed by atoms with E-state index in [2.05, 4.69) is 22.1 Å². The number of carboxylic acid groups (broad SMARTS) is 1. The van der Waals surface area contributed by atoms with Gasteiger partial charge in [-0.2, -0.15) is 4.31 Å². The van der Waals surface area contributed by atoms with E-state index < -0.39 is 16.0 Å². The van der Waals surface area contributed by atoms with Gasteiger partial charge in [0.15, 0.2) is 0 Å². The summed E-state index contributed by atoms with van der Waals surface area (Å²) in [5, 5.41) is 9.11. The van der Waals surface area contributed by atoms with Crippen LogP contribution in [0, 0.1) is 0 Å². The molecule has 0 spiro atoms. The largest absolute Gasteiger partial charge is 0.481 e. The summed E-state index contributed by atoms with van der Waals surface area (Å²) >= 11 is 0. The van der Waals surface area contributed by atoms with Crippen LogP contribution in [0.4, 0.5) is 0 Å². The normalized spacial score (nSPS) is 11.5. The van der Waals surface area contributed by atoms with Crippen LogP contribution in [-0.4, -0.2) is 33.8 Å².